The first-order valence-electron chi connectivity index (χ1n) is 5.62. The van der Waals surface area contributed by atoms with Crippen molar-refractivity contribution in [3.63, 3.8) is 0 Å². The van der Waals surface area contributed by atoms with Gasteiger partial charge in [0.25, 0.3) is 0 Å². The molecule has 2 heterocycles. The molecule has 0 bridgehead atoms. The maximum Gasteiger partial charge on any atom is 0.207 e. The van der Waals surface area contributed by atoms with Crippen molar-refractivity contribution < 1.29 is 4.39 Å². The zero-order valence-electron chi connectivity index (χ0n) is 10.1. The van der Waals surface area contributed by atoms with Crippen molar-refractivity contribution in [3.8, 4) is 5.69 Å². The molecule has 1 aromatic carbocycles. The third-order valence-corrected chi connectivity index (χ3v) is 3.27. The Bertz CT molecular complexity index is 782. The summed E-state index contributed by atoms with van der Waals surface area (Å²) in [5.74, 6) is -0.140. The molecule has 0 aliphatic carbocycles. The molecule has 0 spiro atoms. The Labute approximate surface area is 117 Å². The van der Waals surface area contributed by atoms with Gasteiger partial charge in [-0.05, 0) is 46.6 Å². The second kappa shape index (κ2) is 4.31. The van der Waals surface area contributed by atoms with E-state index in [0.29, 0.717) is 16.9 Å². The summed E-state index contributed by atoms with van der Waals surface area (Å²) in [5.41, 5.74) is 8.22. The molecule has 0 aliphatic heterocycles. The van der Waals surface area contributed by atoms with Gasteiger partial charge in [-0.25, -0.2) is 14.4 Å². The molecular weight excluding hydrogens is 311 g/mol. The highest BCUT2D eigenvalue weighted by Gasteiger charge is 2.14. The Morgan fingerprint density at radius 3 is 2.84 bits per heavy atom. The number of nitrogens with two attached hydrogens (primary N) is 1. The van der Waals surface area contributed by atoms with Gasteiger partial charge in [-0.15, -0.1) is 0 Å². The van der Waals surface area contributed by atoms with E-state index in [1.54, 1.807) is 18.3 Å². The van der Waals surface area contributed by atoms with Gasteiger partial charge in [-0.2, -0.15) is 0 Å². The summed E-state index contributed by atoms with van der Waals surface area (Å²) in [6, 6.07) is 6.75. The topological polar surface area (TPSA) is 56.7 Å². The fraction of sp³-hybridized carbons (Fsp3) is 0.0769. The van der Waals surface area contributed by atoms with Crippen molar-refractivity contribution in [3.05, 3.63) is 46.3 Å². The molecule has 3 aromatic rings. The number of pyridine rings is 1. The summed E-state index contributed by atoms with van der Waals surface area (Å²) in [4.78, 5) is 8.44. The van der Waals surface area contributed by atoms with E-state index in [9.17, 15) is 4.39 Å². The summed E-state index contributed by atoms with van der Waals surface area (Å²) < 4.78 is 16.4. The third kappa shape index (κ3) is 1.98. The van der Waals surface area contributed by atoms with Crippen LogP contribution in [0.2, 0.25) is 0 Å². The molecule has 2 N–H and O–H groups in total. The number of aromatic nitrogens is 3. The lowest BCUT2D eigenvalue weighted by Gasteiger charge is -2.07. The predicted molar refractivity (Wildman–Crippen MR) is 75.7 cm³/mol. The maximum absolute atomic E-state index is 14.1. The van der Waals surface area contributed by atoms with Crippen LogP contribution in [0.5, 0.6) is 0 Å². The second-order valence-electron chi connectivity index (χ2n) is 4.26. The largest absolute Gasteiger partial charge is 0.369 e. The van der Waals surface area contributed by atoms with Gasteiger partial charge >= 0.3 is 0 Å². The summed E-state index contributed by atoms with van der Waals surface area (Å²) in [6.45, 7) is 1.83. The van der Waals surface area contributed by atoms with E-state index in [1.165, 1.54) is 10.6 Å². The minimum absolute atomic E-state index is 0.211. The summed E-state index contributed by atoms with van der Waals surface area (Å²) >= 11 is 3.32. The van der Waals surface area contributed by atoms with E-state index in [0.717, 1.165) is 10.0 Å². The van der Waals surface area contributed by atoms with Crippen LogP contribution in [0.25, 0.3) is 16.9 Å². The van der Waals surface area contributed by atoms with Gasteiger partial charge in [0.1, 0.15) is 11.3 Å². The number of anilines is 1. The van der Waals surface area contributed by atoms with Crippen LogP contribution in [0.4, 0.5) is 10.3 Å². The van der Waals surface area contributed by atoms with Gasteiger partial charge in [-0.3, -0.25) is 4.57 Å². The van der Waals surface area contributed by atoms with E-state index in [2.05, 4.69) is 25.9 Å². The summed E-state index contributed by atoms with van der Waals surface area (Å²) in [5, 5.41) is 0. The number of benzene rings is 1. The number of hydrogen-bond donors (Lipinski definition) is 1. The van der Waals surface area contributed by atoms with E-state index in [1.807, 2.05) is 13.0 Å². The molecule has 6 heteroatoms. The number of hydrogen-bond acceptors (Lipinski definition) is 3. The smallest absolute Gasteiger partial charge is 0.207 e. The zero-order chi connectivity index (χ0) is 13.6. The number of halogens is 2. The van der Waals surface area contributed by atoms with Gasteiger partial charge in [0, 0.05) is 10.7 Å². The number of nitrogen functional groups attached to an aromatic ring is 1. The first-order valence-corrected chi connectivity index (χ1v) is 6.41. The molecule has 0 amide bonds. The van der Waals surface area contributed by atoms with Crippen molar-refractivity contribution >= 4 is 33.0 Å². The molecule has 2 aromatic heterocycles. The molecule has 4 nitrogen and oxygen atoms in total. The number of imidazole rings is 1. The van der Waals surface area contributed by atoms with E-state index >= 15 is 0 Å². The highest BCUT2D eigenvalue weighted by Crippen LogP contribution is 2.25. The van der Waals surface area contributed by atoms with E-state index in [-0.39, 0.29) is 11.8 Å². The first-order chi connectivity index (χ1) is 9.06. The lowest BCUT2D eigenvalue weighted by molar-refractivity contribution is 0.618. The number of rotatable bonds is 1. The van der Waals surface area contributed by atoms with Crippen LogP contribution in [0.3, 0.4) is 0 Å². The molecule has 0 saturated heterocycles. The first kappa shape index (κ1) is 12.1. The van der Waals surface area contributed by atoms with Crippen LogP contribution in [-0.4, -0.2) is 14.5 Å². The molecule has 0 aliphatic rings. The van der Waals surface area contributed by atoms with Crippen LogP contribution in [0.15, 0.2) is 34.9 Å². The van der Waals surface area contributed by atoms with Crippen molar-refractivity contribution in [2.45, 2.75) is 6.92 Å². The molecule has 0 fully saturated rings. The average Bonchev–Trinajstić information content (AvgIpc) is 2.65. The molecule has 0 atom stereocenters. The standard InChI is InChI=1S/C13H10BrFN4/c1-7-2-3-11(9(15)4-7)19-12-10(18-13(19)16)5-8(14)6-17-12/h2-6H,1H3,(H2,16,18). The van der Waals surface area contributed by atoms with E-state index in [4.69, 9.17) is 5.73 Å². The molecular formula is C13H10BrFN4. The quantitative estimate of drug-likeness (QED) is 0.749. The van der Waals surface area contributed by atoms with Crippen LogP contribution < -0.4 is 5.73 Å². The normalized spacial score (nSPS) is 11.1. The second-order valence-corrected chi connectivity index (χ2v) is 5.17. The zero-order valence-corrected chi connectivity index (χ0v) is 11.6. The third-order valence-electron chi connectivity index (χ3n) is 2.83. The minimum Gasteiger partial charge on any atom is -0.369 e. The SMILES string of the molecule is Cc1ccc(-n2c(N)nc3cc(Br)cnc32)c(F)c1. The lowest BCUT2D eigenvalue weighted by atomic mass is 10.2. The average molecular weight is 321 g/mol. The Kier molecular flexibility index (Phi) is 2.74. The highest BCUT2D eigenvalue weighted by molar-refractivity contribution is 9.10. The van der Waals surface area contributed by atoms with Gasteiger partial charge in [0.2, 0.25) is 5.95 Å². The number of nitrogens with zero attached hydrogens (tertiary/aromatic N) is 3. The predicted octanol–water partition coefficient (Wildman–Crippen LogP) is 3.21. The highest BCUT2D eigenvalue weighted by atomic mass is 79.9. The Morgan fingerprint density at radius 1 is 1.32 bits per heavy atom. The number of fused-ring (bicyclic) bond motifs is 1. The monoisotopic (exact) mass is 320 g/mol. The van der Waals surface area contributed by atoms with Crippen molar-refractivity contribution in [2.24, 2.45) is 0 Å². The summed E-state index contributed by atoms with van der Waals surface area (Å²) in [6.07, 6.45) is 1.63. The molecule has 0 radical (unpaired) electrons. The molecule has 96 valence electrons. The van der Waals surface area contributed by atoms with Crippen molar-refractivity contribution in [1.29, 1.82) is 0 Å². The van der Waals surface area contributed by atoms with Gasteiger partial charge in [0.15, 0.2) is 5.65 Å². The Balaban J connectivity index is 2.33. The van der Waals surface area contributed by atoms with Gasteiger partial charge in [0.05, 0.1) is 5.69 Å². The lowest BCUT2D eigenvalue weighted by Crippen LogP contribution is -2.03. The maximum atomic E-state index is 14.1. The van der Waals surface area contributed by atoms with Crippen LogP contribution >= 0.6 is 15.9 Å². The number of aryl methyl sites for hydroxylation is 1. The minimum atomic E-state index is -0.351. The molecule has 0 unspecified atom stereocenters. The van der Waals surface area contributed by atoms with Crippen LogP contribution in [0.1, 0.15) is 5.56 Å². The molecule has 0 saturated carbocycles. The van der Waals surface area contributed by atoms with Crippen LogP contribution in [0, 0.1) is 12.7 Å². The van der Waals surface area contributed by atoms with Crippen molar-refractivity contribution in [1.82, 2.24) is 14.5 Å². The molecule has 3 rings (SSSR count). The van der Waals surface area contributed by atoms with Gasteiger partial charge < -0.3 is 5.73 Å². The van der Waals surface area contributed by atoms with Gasteiger partial charge in [-0.1, -0.05) is 6.07 Å². The fourth-order valence-corrected chi connectivity index (χ4v) is 2.31. The Morgan fingerprint density at radius 2 is 2.11 bits per heavy atom. The van der Waals surface area contributed by atoms with E-state index < -0.39 is 0 Å². The van der Waals surface area contributed by atoms with Crippen molar-refractivity contribution in [2.75, 3.05) is 5.73 Å². The Hall–Kier alpha value is -1.95. The van der Waals surface area contributed by atoms with Crippen LogP contribution in [-0.2, 0) is 0 Å². The summed E-state index contributed by atoms with van der Waals surface area (Å²) in [7, 11) is 0. The fourth-order valence-electron chi connectivity index (χ4n) is 1.99. The molecule has 19 heavy (non-hydrogen) atoms.